The highest BCUT2D eigenvalue weighted by atomic mass is 35.5. The van der Waals surface area contributed by atoms with Gasteiger partial charge in [-0.1, -0.05) is 23.2 Å². The second-order valence-electron chi connectivity index (χ2n) is 3.20. The molecule has 0 aliphatic heterocycles. The summed E-state index contributed by atoms with van der Waals surface area (Å²) in [7, 11) is 0. The van der Waals surface area contributed by atoms with E-state index in [-0.39, 0.29) is 10.2 Å². The van der Waals surface area contributed by atoms with Crippen LogP contribution >= 0.6 is 23.2 Å². The number of aromatic nitrogens is 3. The van der Waals surface area contributed by atoms with Crippen LogP contribution in [0.1, 0.15) is 11.3 Å². The van der Waals surface area contributed by atoms with E-state index in [1.54, 1.807) is 19.9 Å². The highest BCUT2D eigenvalue weighted by Gasteiger charge is 2.09. The molecule has 0 spiro atoms. The van der Waals surface area contributed by atoms with Gasteiger partial charge in [0.2, 0.25) is 0 Å². The molecule has 2 rings (SSSR count). The summed E-state index contributed by atoms with van der Waals surface area (Å²) in [5.41, 5.74) is 1.31. The first-order valence-corrected chi connectivity index (χ1v) is 4.98. The van der Waals surface area contributed by atoms with E-state index < -0.39 is 5.56 Å². The van der Waals surface area contributed by atoms with Crippen molar-refractivity contribution >= 4 is 28.8 Å². The SMILES string of the molecule is Cc1cc2nc(C)c(Cl)c(=O)n2nc1Cl. The molecule has 0 amide bonds. The van der Waals surface area contributed by atoms with Crippen molar-refractivity contribution in [3.63, 3.8) is 0 Å². The molecule has 2 heterocycles. The van der Waals surface area contributed by atoms with Gasteiger partial charge in [0.1, 0.15) is 5.02 Å². The zero-order valence-electron chi connectivity index (χ0n) is 8.08. The third-order valence-corrected chi connectivity index (χ3v) is 2.86. The van der Waals surface area contributed by atoms with E-state index in [0.29, 0.717) is 11.3 Å². The van der Waals surface area contributed by atoms with Crippen molar-refractivity contribution in [1.29, 1.82) is 0 Å². The first kappa shape index (κ1) is 10.4. The zero-order valence-corrected chi connectivity index (χ0v) is 9.60. The Morgan fingerprint density at radius 3 is 2.67 bits per heavy atom. The monoisotopic (exact) mass is 243 g/mol. The summed E-state index contributed by atoms with van der Waals surface area (Å²) in [6.07, 6.45) is 0. The maximum absolute atomic E-state index is 11.7. The van der Waals surface area contributed by atoms with Crippen molar-refractivity contribution < 1.29 is 0 Å². The molecule has 2 aromatic rings. The Balaban J connectivity index is 3.00. The quantitative estimate of drug-likeness (QED) is 0.712. The van der Waals surface area contributed by atoms with Crippen LogP contribution in [0.25, 0.3) is 5.65 Å². The zero-order chi connectivity index (χ0) is 11.2. The van der Waals surface area contributed by atoms with Gasteiger partial charge in [0, 0.05) is 0 Å². The van der Waals surface area contributed by atoms with Crippen LogP contribution in [0, 0.1) is 13.8 Å². The Kier molecular flexibility index (Phi) is 2.40. The van der Waals surface area contributed by atoms with Gasteiger partial charge in [-0.25, -0.2) is 4.98 Å². The smallest absolute Gasteiger partial charge is 0.266 e. The number of hydrogen-bond acceptors (Lipinski definition) is 3. The molecule has 0 bridgehead atoms. The third-order valence-electron chi connectivity index (χ3n) is 2.06. The summed E-state index contributed by atoms with van der Waals surface area (Å²) in [6.45, 7) is 3.47. The largest absolute Gasteiger partial charge is 0.293 e. The molecular formula is C9H7Cl2N3O. The molecule has 0 atom stereocenters. The number of halogens is 2. The molecule has 0 radical (unpaired) electrons. The molecule has 0 aliphatic carbocycles. The lowest BCUT2D eigenvalue weighted by Gasteiger charge is -2.04. The van der Waals surface area contributed by atoms with Gasteiger partial charge in [0.15, 0.2) is 10.8 Å². The summed E-state index contributed by atoms with van der Waals surface area (Å²) in [5.74, 6) is 0. The molecule has 0 aromatic carbocycles. The maximum atomic E-state index is 11.7. The van der Waals surface area contributed by atoms with Crippen LogP contribution < -0.4 is 5.56 Å². The van der Waals surface area contributed by atoms with Crippen LogP contribution in [0.3, 0.4) is 0 Å². The van der Waals surface area contributed by atoms with Gasteiger partial charge in [0.25, 0.3) is 5.56 Å². The van der Waals surface area contributed by atoms with Gasteiger partial charge in [-0.15, -0.1) is 0 Å². The second kappa shape index (κ2) is 3.47. The molecule has 0 N–H and O–H groups in total. The number of hydrogen-bond donors (Lipinski definition) is 0. The van der Waals surface area contributed by atoms with Crippen molar-refractivity contribution in [2.75, 3.05) is 0 Å². The molecule has 0 aliphatic rings. The van der Waals surface area contributed by atoms with Crippen LogP contribution in [-0.4, -0.2) is 14.6 Å². The van der Waals surface area contributed by atoms with Crippen LogP contribution in [0.4, 0.5) is 0 Å². The number of aryl methyl sites for hydroxylation is 2. The van der Waals surface area contributed by atoms with Gasteiger partial charge >= 0.3 is 0 Å². The topological polar surface area (TPSA) is 47.3 Å². The summed E-state index contributed by atoms with van der Waals surface area (Å²) in [6, 6.07) is 1.69. The standard InChI is InChI=1S/C9H7Cl2N3O/c1-4-3-6-12-5(2)7(10)9(15)14(6)13-8(4)11/h3H,1-2H3. The fourth-order valence-electron chi connectivity index (χ4n) is 1.23. The fourth-order valence-corrected chi connectivity index (χ4v) is 1.48. The molecular weight excluding hydrogens is 237 g/mol. The Hall–Kier alpha value is -1.13. The second-order valence-corrected chi connectivity index (χ2v) is 3.94. The minimum atomic E-state index is -0.402. The Morgan fingerprint density at radius 1 is 1.33 bits per heavy atom. The van der Waals surface area contributed by atoms with Crippen molar-refractivity contribution in [1.82, 2.24) is 14.6 Å². The van der Waals surface area contributed by atoms with Gasteiger partial charge in [0.05, 0.1) is 5.69 Å². The van der Waals surface area contributed by atoms with E-state index in [0.717, 1.165) is 10.1 Å². The summed E-state index contributed by atoms with van der Waals surface area (Å²) in [5, 5.41) is 4.24. The van der Waals surface area contributed by atoms with Crippen molar-refractivity contribution in [3.05, 3.63) is 37.9 Å². The van der Waals surface area contributed by atoms with Crippen LogP contribution in [0.15, 0.2) is 10.9 Å². The van der Waals surface area contributed by atoms with E-state index >= 15 is 0 Å². The maximum Gasteiger partial charge on any atom is 0.293 e. The van der Waals surface area contributed by atoms with E-state index in [1.807, 2.05) is 0 Å². The fraction of sp³-hybridized carbons (Fsp3) is 0.222. The molecule has 4 nitrogen and oxygen atoms in total. The Bertz CT molecular complexity index is 601. The molecule has 15 heavy (non-hydrogen) atoms. The van der Waals surface area contributed by atoms with Crippen LogP contribution in [0.2, 0.25) is 10.2 Å². The third kappa shape index (κ3) is 1.60. The van der Waals surface area contributed by atoms with Crippen molar-refractivity contribution in [3.8, 4) is 0 Å². The molecule has 0 saturated carbocycles. The first-order chi connectivity index (χ1) is 7.00. The summed E-state index contributed by atoms with van der Waals surface area (Å²) < 4.78 is 1.10. The lowest BCUT2D eigenvalue weighted by molar-refractivity contribution is 0.853. The normalized spacial score (nSPS) is 10.9. The highest BCUT2D eigenvalue weighted by molar-refractivity contribution is 6.31. The van der Waals surface area contributed by atoms with Gasteiger partial charge in [-0.05, 0) is 25.5 Å². The molecule has 0 unspecified atom stereocenters. The molecule has 2 aromatic heterocycles. The van der Waals surface area contributed by atoms with E-state index in [2.05, 4.69) is 10.1 Å². The molecule has 0 saturated heterocycles. The lowest BCUT2D eigenvalue weighted by atomic mass is 10.3. The Labute approximate surface area is 95.5 Å². The minimum absolute atomic E-state index is 0.0694. The van der Waals surface area contributed by atoms with Crippen LogP contribution in [-0.2, 0) is 0 Å². The minimum Gasteiger partial charge on any atom is -0.266 e. The lowest BCUT2D eigenvalue weighted by Crippen LogP contribution is -2.19. The van der Waals surface area contributed by atoms with Gasteiger partial charge in [-0.3, -0.25) is 4.79 Å². The van der Waals surface area contributed by atoms with E-state index in [9.17, 15) is 4.79 Å². The Morgan fingerprint density at radius 2 is 2.00 bits per heavy atom. The molecule has 78 valence electrons. The number of fused-ring (bicyclic) bond motifs is 1. The van der Waals surface area contributed by atoms with Gasteiger partial charge < -0.3 is 0 Å². The van der Waals surface area contributed by atoms with Crippen molar-refractivity contribution in [2.24, 2.45) is 0 Å². The van der Waals surface area contributed by atoms with Crippen LogP contribution in [0.5, 0.6) is 0 Å². The van der Waals surface area contributed by atoms with E-state index in [4.69, 9.17) is 23.2 Å². The summed E-state index contributed by atoms with van der Waals surface area (Å²) >= 11 is 11.6. The predicted octanol–water partition coefficient (Wildman–Crippen LogP) is 2.01. The van der Waals surface area contributed by atoms with Crippen molar-refractivity contribution in [2.45, 2.75) is 13.8 Å². The van der Waals surface area contributed by atoms with E-state index in [1.165, 1.54) is 0 Å². The number of nitrogens with zero attached hydrogens (tertiary/aromatic N) is 3. The predicted molar refractivity (Wildman–Crippen MR) is 58.8 cm³/mol. The average Bonchev–Trinajstić information content (AvgIpc) is 2.19. The molecule has 6 heteroatoms. The molecule has 0 fully saturated rings. The first-order valence-electron chi connectivity index (χ1n) is 4.23. The van der Waals surface area contributed by atoms with Gasteiger partial charge in [-0.2, -0.15) is 9.61 Å². The highest BCUT2D eigenvalue weighted by Crippen LogP contribution is 2.14. The average molecular weight is 244 g/mol. The summed E-state index contributed by atoms with van der Waals surface area (Å²) in [4.78, 5) is 15.8. The number of rotatable bonds is 0.